The maximum atomic E-state index is 5.40. The topological polar surface area (TPSA) is 76.3 Å². The number of hydrogen-bond donors (Lipinski definition) is 2. The third kappa shape index (κ3) is 3.63. The number of hydrogen-bond acceptors (Lipinski definition) is 7. The van der Waals surface area contributed by atoms with Crippen molar-refractivity contribution in [2.24, 2.45) is 5.84 Å². The van der Waals surface area contributed by atoms with E-state index in [9.17, 15) is 0 Å². The van der Waals surface area contributed by atoms with Crippen LogP contribution in [0.2, 0.25) is 0 Å². The number of nitrogens with zero attached hydrogens (tertiary/aromatic N) is 3. The summed E-state index contributed by atoms with van der Waals surface area (Å²) in [5.74, 6) is 6.27. The highest BCUT2D eigenvalue weighted by Crippen LogP contribution is 2.18. The molecular formula is C12H17N5OS. The highest BCUT2D eigenvalue weighted by Gasteiger charge is 2.09. The summed E-state index contributed by atoms with van der Waals surface area (Å²) in [6, 6.07) is 8.02. The van der Waals surface area contributed by atoms with Crippen LogP contribution in [-0.4, -0.2) is 28.6 Å². The molecule has 0 bridgehead atoms. The molecule has 3 N–H and O–H groups in total. The van der Waals surface area contributed by atoms with Crippen molar-refractivity contribution < 1.29 is 4.74 Å². The van der Waals surface area contributed by atoms with Gasteiger partial charge in [0.05, 0.1) is 7.11 Å². The number of ether oxygens (including phenoxy) is 1. The Kier molecular flexibility index (Phi) is 4.67. The molecule has 1 heterocycles. The minimum Gasteiger partial charge on any atom is -0.497 e. The van der Waals surface area contributed by atoms with Crippen LogP contribution < -0.4 is 16.0 Å². The number of anilines is 1. The normalized spacial score (nSPS) is 10.7. The molecule has 19 heavy (non-hydrogen) atoms. The molecule has 0 saturated carbocycles. The van der Waals surface area contributed by atoms with Crippen LogP contribution in [0, 0.1) is 0 Å². The van der Waals surface area contributed by atoms with Gasteiger partial charge >= 0.3 is 0 Å². The Morgan fingerprint density at radius 2 is 2.05 bits per heavy atom. The van der Waals surface area contributed by atoms with Gasteiger partial charge in [-0.25, -0.2) is 5.84 Å². The predicted octanol–water partition coefficient (Wildman–Crippen LogP) is 1.46. The summed E-state index contributed by atoms with van der Waals surface area (Å²) in [5.41, 5.74) is 4.69. The number of benzene rings is 1. The van der Waals surface area contributed by atoms with E-state index >= 15 is 0 Å². The van der Waals surface area contributed by atoms with Crippen molar-refractivity contribution in [1.82, 2.24) is 14.5 Å². The molecule has 0 amide bonds. The van der Waals surface area contributed by atoms with Crippen LogP contribution in [-0.2, 0) is 13.1 Å². The molecule has 0 aliphatic heterocycles. The molecule has 1 aromatic heterocycles. The molecule has 0 atom stereocenters. The number of hydrazine groups is 1. The van der Waals surface area contributed by atoms with Crippen LogP contribution in [0.15, 0.2) is 24.3 Å². The summed E-state index contributed by atoms with van der Waals surface area (Å²) in [5, 5.41) is 4.87. The Morgan fingerprint density at radius 3 is 2.68 bits per heavy atom. The zero-order chi connectivity index (χ0) is 13.7. The molecule has 1 aromatic carbocycles. The van der Waals surface area contributed by atoms with Crippen LogP contribution >= 0.6 is 11.5 Å². The van der Waals surface area contributed by atoms with Crippen LogP contribution in [0.4, 0.5) is 5.00 Å². The van der Waals surface area contributed by atoms with Gasteiger partial charge in [-0.2, -0.15) is 0 Å². The van der Waals surface area contributed by atoms with E-state index in [4.69, 9.17) is 10.6 Å². The smallest absolute Gasteiger partial charge is 0.148 e. The lowest BCUT2D eigenvalue weighted by molar-refractivity contribution is 0.315. The van der Waals surface area contributed by atoms with Gasteiger partial charge in [-0.3, -0.25) is 4.90 Å². The molecule has 0 radical (unpaired) electrons. The summed E-state index contributed by atoms with van der Waals surface area (Å²) < 4.78 is 9.02. The molecule has 2 rings (SSSR count). The molecule has 0 aliphatic rings. The van der Waals surface area contributed by atoms with Crippen molar-refractivity contribution >= 4 is 16.5 Å². The lowest BCUT2D eigenvalue weighted by Gasteiger charge is -2.16. The molecule has 0 saturated heterocycles. The number of aromatic nitrogens is 2. The van der Waals surface area contributed by atoms with Crippen molar-refractivity contribution in [2.45, 2.75) is 13.1 Å². The molecule has 0 aliphatic carbocycles. The first-order chi connectivity index (χ1) is 9.22. The van der Waals surface area contributed by atoms with Gasteiger partial charge in [0.2, 0.25) is 0 Å². The van der Waals surface area contributed by atoms with E-state index in [1.165, 1.54) is 17.1 Å². The fraction of sp³-hybridized carbons (Fsp3) is 0.333. The third-order valence-corrected chi connectivity index (χ3v) is 3.42. The predicted molar refractivity (Wildman–Crippen MR) is 75.9 cm³/mol. The number of methoxy groups -OCH3 is 1. The number of nitrogens with one attached hydrogen (secondary N) is 1. The first kappa shape index (κ1) is 13.7. The minimum absolute atomic E-state index is 0.696. The van der Waals surface area contributed by atoms with E-state index in [0.29, 0.717) is 6.54 Å². The quantitative estimate of drug-likeness (QED) is 0.616. The minimum atomic E-state index is 0.696. The molecule has 2 aromatic rings. The van der Waals surface area contributed by atoms with Crippen molar-refractivity contribution in [3.05, 3.63) is 35.5 Å². The lowest BCUT2D eigenvalue weighted by Crippen LogP contribution is -2.19. The molecule has 7 heteroatoms. The average molecular weight is 279 g/mol. The first-order valence-electron chi connectivity index (χ1n) is 5.82. The maximum absolute atomic E-state index is 5.40. The summed E-state index contributed by atoms with van der Waals surface area (Å²) in [6.07, 6.45) is 0. The van der Waals surface area contributed by atoms with Gasteiger partial charge in [-0.15, -0.1) is 5.10 Å². The van der Waals surface area contributed by atoms with Crippen molar-refractivity contribution in [3.8, 4) is 5.75 Å². The molecular weight excluding hydrogens is 262 g/mol. The highest BCUT2D eigenvalue weighted by atomic mass is 32.1. The second-order valence-electron chi connectivity index (χ2n) is 4.21. The molecule has 102 valence electrons. The fourth-order valence-corrected chi connectivity index (χ4v) is 2.26. The summed E-state index contributed by atoms with van der Waals surface area (Å²) >= 11 is 1.26. The maximum Gasteiger partial charge on any atom is 0.148 e. The Labute approximate surface area is 116 Å². The molecule has 0 fully saturated rings. The van der Waals surface area contributed by atoms with E-state index in [1.807, 2.05) is 19.2 Å². The summed E-state index contributed by atoms with van der Waals surface area (Å²) in [7, 11) is 3.70. The Balaban J connectivity index is 1.95. The Hall–Kier alpha value is -1.70. The van der Waals surface area contributed by atoms with Gasteiger partial charge in [0, 0.05) is 24.6 Å². The second kappa shape index (κ2) is 6.46. The van der Waals surface area contributed by atoms with Gasteiger partial charge in [-0.05, 0) is 24.7 Å². The SMILES string of the molecule is COc1ccc(CN(C)Cc2nnsc2NN)cc1. The van der Waals surface area contributed by atoms with E-state index in [-0.39, 0.29) is 0 Å². The van der Waals surface area contributed by atoms with Crippen LogP contribution in [0.5, 0.6) is 5.75 Å². The van der Waals surface area contributed by atoms with E-state index in [1.54, 1.807) is 7.11 Å². The fourth-order valence-electron chi connectivity index (χ4n) is 1.78. The number of nitrogen functional groups attached to an aromatic ring is 1. The summed E-state index contributed by atoms with van der Waals surface area (Å²) in [6.45, 7) is 1.52. The van der Waals surface area contributed by atoms with Gasteiger partial charge < -0.3 is 10.2 Å². The Bertz CT molecular complexity index is 513. The number of rotatable bonds is 6. The van der Waals surface area contributed by atoms with Gasteiger partial charge in [0.1, 0.15) is 16.4 Å². The van der Waals surface area contributed by atoms with Crippen molar-refractivity contribution in [1.29, 1.82) is 0 Å². The zero-order valence-corrected chi connectivity index (χ0v) is 11.8. The largest absolute Gasteiger partial charge is 0.497 e. The van der Waals surface area contributed by atoms with Crippen molar-refractivity contribution in [3.63, 3.8) is 0 Å². The third-order valence-electron chi connectivity index (χ3n) is 2.72. The molecule has 6 nitrogen and oxygen atoms in total. The van der Waals surface area contributed by atoms with E-state index in [0.717, 1.165) is 23.0 Å². The van der Waals surface area contributed by atoms with E-state index in [2.05, 4.69) is 32.0 Å². The zero-order valence-electron chi connectivity index (χ0n) is 11.0. The molecule has 0 unspecified atom stereocenters. The highest BCUT2D eigenvalue weighted by molar-refractivity contribution is 7.10. The van der Waals surface area contributed by atoms with Crippen LogP contribution in [0.3, 0.4) is 0 Å². The van der Waals surface area contributed by atoms with E-state index < -0.39 is 0 Å². The number of nitrogens with two attached hydrogens (primary N) is 1. The second-order valence-corrected chi connectivity index (χ2v) is 4.97. The van der Waals surface area contributed by atoms with Gasteiger partial charge in [0.15, 0.2) is 0 Å². The summed E-state index contributed by atoms with van der Waals surface area (Å²) in [4.78, 5) is 2.15. The van der Waals surface area contributed by atoms with Crippen LogP contribution in [0.1, 0.15) is 11.3 Å². The van der Waals surface area contributed by atoms with Crippen molar-refractivity contribution in [2.75, 3.05) is 19.6 Å². The average Bonchev–Trinajstić information content (AvgIpc) is 2.86. The molecule has 0 spiro atoms. The van der Waals surface area contributed by atoms with Gasteiger partial charge in [0.25, 0.3) is 0 Å². The van der Waals surface area contributed by atoms with Crippen LogP contribution in [0.25, 0.3) is 0 Å². The Morgan fingerprint density at radius 1 is 1.32 bits per heavy atom. The van der Waals surface area contributed by atoms with Gasteiger partial charge in [-0.1, -0.05) is 16.6 Å². The standard InChI is InChI=1S/C12H17N5OS/c1-17(8-11-12(14-13)19-16-15-11)7-9-3-5-10(18-2)6-4-9/h3-6,14H,7-8,13H2,1-2H3. The first-order valence-corrected chi connectivity index (χ1v) is 6.59. The monoisotopic (exact) mass is 279 g/mol. The lowest BCUT2D eigenvalue weighted by atomic mass is 10.2.